The van der Waals surface area contributed by atoms with Crippen molar-refractivity contribution in [1.29, 1.82) is 5.41 Å². The number of nitrogens with one attached hydrogen (secondary N) is 3. The third-order valence-electron chi connectivity index (χ3n) is 6.36. The smallest absolute Gasteiger partial charge is 0.416 e. The van der Waals surface area contributed by atoms with Crippen molar-refractivity contribution in [3.63, 3.8) is 0 Å². The van der Waals surface area contributed by atoms with E-state index in [1.54, 1.807) is 6.08 Å². The summed E-state index contributed by atoms with van der Waals surface area (Å²) in [4.78, 5) is 28.2. The summed E-state index contributed by atoms with van der Waals surface area (Å²) in [7, 11) is 1.99. The molecule has 0 saturated carbocycles. The van der Waals surface area contributed by atoms with E-state index in [0.717, 1.165) is 19.2 Å². The molecule has 3 heterocycles. The Morgan fingerprint density at radius 3 is 2.64 bits per heavy atom. The Hall–Kier alpha value is -4.47. The molecular weight excluding hydrogens is 547 g/mol. The predicted octanol–water partition coefficient (Wildman–Crippen LogP) is 4.64. The van der Waals surface area contributed by atoms with Gasteiger partial charge in [-0.2, -0.15) is 13.2 Å². The van der Waals surface area contributed by atoms with Crippen LogP contribution >= 0.6 is 0 Å². The summed E-state index contributed by atoms with van der Waals surface area (Å²) >= 11 is 0. The van der Waals surface area contributed by atoms with Crippen molar-refractivity contribution in [3.8, 4) is 11.8 Å². The quantitative estimate of drug-likeness (QED) is 0.214. The summed E-state index contributed by atoms with van der Waals surface area (Å²) in [6.45, 7) is 6.82. The van der Waals surface area contributed by atoms with Crippen LogP contribution in [0, 0.1) is 17.3 Å². The number of hydrogen-bond donors (Lipinski definition) is 3. The zero-order chi connectivity index (χ0) is 30.3. The molecule has 0 bridgehead atoms. The number of benzene rings is 1. The number of anilines is 1. The molecule has 1 aliphatic rings. The third-order valence-corrected chi connectivity index (χ3v) is 6.36. The summed E-state index contributed by atoms with van der Waals surface area (Å²) in [6.07, 6.45) is 2.70. The number of amides is 1. The number of imidazole rings is 1. The molecule has 2 aromatic heterocycles. The van der Waals surface area contributed by atoms with Crippen LogP contribution < -0.4 is 5.32 Å². The minimum absolute atomic E-state index is 0.00595. The minimum Gasteiger partial charge on any atom is -0.475 e. The van der Waals surface area contributed by atoms with Crippen molar-refractivity contribution in [2.24, 2.45) is 0 Å². The molecule has 1 saturated heterocycles. The number of nitrogens with zero attached hydrogens (tertiary/aromatic N) is 4. The van der Waals surface area contributed by atoms with Gasteiger partial charge >= 0.3 is 6.18 Å². The van der Waals surface area contributed by atoms with E-state index in [4.69, 9.17) is 10.1 Å². The van der Waals surface area contributed by atoms with Crippen molar-refractivity contribution >= 4 is 23.6 Å². The Bertz CT molecular complexity index is 1510. The van der Waals surface area contributed by atoms with Crippen molar-refractivity contribution in [2.75, 3.05) is 38.5 Å². The number of piperazine rings is 1. The van der Waals surface area contributed by atoms with Crippen LogP contribution in [0.25, 0.3) is 6.08 Å². The number of halogens is 3. The minimum atomic E-state index is -4.56. The normalized spacial score (nSPS) is 14.5. The Kier molecular flexibility index (Phi) is 9.77. The van der Waals surface area contributed by atoms with Crippen molar-refractivity contribution in [2.45, 2.75) is 32.7 Å². The Balaban J connectivity index is 1.43. The standard InChI is InChI=1S/C30H32F3N7O2/c1-20(2)42-27(34)8-9-28-36-18-25(37-28)6-4-21-14-23(17-35-16-21)29(41)38-24-7-5-22(26(15-24)30(31,32)33)19-40-12-10-39(3)11-13-40/h5,7-9,14-18,20,34H,10-13,19H2,1-3H3,(H,36,37)(H,38,41)/b9-8-,34-27?. The highest BCUT2D eigenvalue weighted by Gasteiger charge is 2.34. The van der Waals surface area contributed by atoms with Crippen LogP contribution in [-0.4, -0.2) is 75.9 Å². The van der Waals surface area contributed by atoms with Crippen LogP contribution in [0.5, 0.6) is 0 Å². The second-order valence-electron chi connectivity index (χ2n) is 10.2. The molecule has 4 rings (SSSR count). The number of ether oxygens (including phenoxy) is 1. The van der Waals surface area contributed by atoms with Crippen LogP contribution in [0.3, 0.4) is 0 Å². The molecule has 1 fully saturated rings. The molecule has 1 aliphatic heterocycles. The zero-order valence-electron chi connectivity index (χ0n) is 23.5. The van der Waals surface area contributed by atoms with Gasteiger partial charge < -0.3 is 19.9 Å². The van der Waals surface area contributed by atoms with Gasteiger partial charge in [-0.05, 0) is 56.7 Å². The number of hydrogen-bond acceptors (Lipinski definition) is 7. The molecule has 1 amide bonds. The van der Waals surface area contributed by atoms with Gasteiger partial charge in [0.25, 0.3) is 5.91 Å². The van der Waals surface area contributed by atoms with Crippen LogP contribution in [-0.2, 0) is 17.5 Å². The number of carbonyl (C=O) groups is 1. The molecule has 0 aliphatic carbocycles. The lowest BCUT2D eigenvalue weighted by atomic mass is 10.0. The molecule has 220 valence electrons. The lowest BCUT2D eigenvalue weighted by Gasteiger charge is -2.33. The first-order valence-electron chi connectivity index (χ1n) is 13.3. The maximum Gasteiger partial charge on any atom is 0.416 e. The molecular formula is C30H32F3N7O2. The van der Waals surface area contributed by atoms with E-state index >= 15 is 0 Å². The van der Waals surface area contributed by atoms with Gasteiger partial charge in [-0.1, -0.05) is 12.0 Å². The zero-order valence-corrected chi connectivity index (χ0v) is 23.5. The fraction of sp³-hybridized carbons (Fsp3) is 0.333. The molecule has 9 nitrogen and oxygen atoms in total. The van der Waals surface area contributed by atoms with Gasteiger partial charge in [-0.25, -0.2) is 4.98 Å². The summed E-state index contributed by atoms with van der Waals surface area (Å²) in [5.74, 6) is 5.67. The molecule has 3 N–H and O–H groups in total. The van der Waals surface area contributed by atoms with Crippen molar-refractivity contribution in [3.05, 3.63) is 82.7 Å². The molecule has 0 atom stereocenters. The summed E-state index contributed by atoms with van der Waals surface area (Å²) in [5, 5.41) is 10.3. The maximum absolute atomic E-state index is 13.9. The Labute approximate surface area is 242 Å². The second-order valence-corrected chi connectivity index (χ2v) is 10.2. The van der Waals surface area contributed by atoms with Gasteiger partial charge in [-0.15, -0.1) is 0 Å². The average molecular weight is 580 g/mol. The van der Waals surface area contributed by atoms with Gasteiger partial charge in [0.1, 0.15) is 11.5 Å². The highest BCUT2D eigenvalue weighted by molar-refractivity contribution is 6.04. The van der Waals surface area contributed by atoms with Gasteiger partial charge in [0.15, 0.2) is 0 Å². The largest absolute Gasteiger partial charge is 0.475 e. The van der Waals surface area contributed by atoms with Gasteiger partial charge in [-0.3, -0.25) is 20.1 Å². The van der Waals surface area contributed by atoms with E-state index in [0.29, 0.717) is 30.2 Å². The first-order chi connectivity index (χ1) is 20.0. The number of likely N-dealkylation sites (N-methyl/N-ethyl adjacent to an activating group) is 1. The number of aromatic amines is 1. The van der Waals surface area contributed by atoms with E-state index in [-0.39, 0.29) is 35.4 Å². The fourth-order valence-electron chi connectivity index (χ4n) is 4.21. The lowest BCUT2D eigenvalue weighted by molar-refractivity contribution is -0.138. The summed E-state index contributed by atoms with van der Waals surface area (Å²) in [6, 6.07) is 5.38. The lowest BCUT2D eigenvalue weighted by Crippen LogP contribution is -2.44. The van der Waals surface area contributed by atoms with Crippen LogP contribution in [0.2, 0.25) is 0 Å². The maximum atomic E-state index is 13.9. The van der Waals surface area contributed by atoms with Crippen molar-refractivity contribution < 1.29 is 22.7 Å². The average Bonchev–Trinajstić information content (AvgIpc) is 3.40. The molecule has 3 aromatic rings. The van der Waals surface area contributed by atoms with Gasteiger partial charge in [0.05, 0.1) is 23.4 Å². The Morgan fingerprint density at radius 1 is 1.17 bits per heavy atom. The number of alkyl halides is 3. The van der Waals surface area contributed by atoms with Gasteiger partial charge in [0, 0.05) is 62.4 Å². The first kappa shape index (κ1) is 30.5. The highest BCUT2D eigenvalue weighted by atomic mass is 19.4. The highest BCUT2D eigenvalue weighted by Crippen LogP contribution is 2.34. The SMILES string of the molecule is CC(C)OC(=N)/C=C\c1ncc(C#Cc2cncc(C(=O)Nc3ccc(CN4CCN(C)CC4)c(C(F)(F)F)c3)c2)[nH]1. The number of H-pyrrole nitrogens is 1. The molecule has 0 spiro atoms. The molecule has 12 heteroatoms. The van der Waals surface area contributed by atoms with E-state index in [1.807, 2.05) is 25.8 Å². The number of carbonyl (C=O) groups excluding carboxylic acids is 1. The molecule has 42 heavy (non-hydrogen) atoms. The van der Waals surface area contributed by atoms with Gasteiger partial charge in [0.2, 0.25) is 5.90 Å². The van der Waals surface area contributed by atoms with E-state index < -0.39 is 17.6 Å². The van der Waals surface area contributed by atoms with Crippen LogP contribution in [0.4, 0.5) is 18.9 Å². The Morgan fingerprint density at radius 2 is 1.93 bits per heavy atom. The second kappa shape index (κ2) is 13.5. The van der Waals surface area contributed by atoms with E-state index in [9.17, 15) is 18.0 Å². The number of rotatable bonds is 7. The molecule has 0 unspecified atom stereocenters. The fourth-order valence-corrected chi connectivity index (χ4v) is 4.21. The van der Waals surface area contributed by atoms with E-state index in [1.165, 1.54) is 42.9 Å². The predicted molar refractivity (Wildman–Crippen MR) is 154 cm³/mol. The van der Waals surface area contributed by atoms with Crippen LogP contribution in [0.1, 0.15) is 52.4 Å². The van der Waals surface area contributed by atoms with Crippen LogP contribution in [0.15, 0.2) is 48.9 Å². The molecule has 1 aromatic carbocycles. The van der Waals surface area contributed by atoms with Crippen molar-refractivity contribution in [1.82, 2.24) is 24.8 Å². The molecule has 0 radical (unpaired) electrons. The monoisotopic (exact) mass is 579 g/mol. The summed E-state index contributed by atoms with van der Waals surface area (Å²) in [5.41, 5.74) is 0.514. The van der Waals surface area contributed by atoms with E-state index in [2.05, 4.69) is 37.0 Å². The first-order valence-corrected chi connectivity index (χ1v) is 13.3. The topological polar surface area (TPSA) is 110 Å². The summed E-state index contributed by atoms with van der Waals surface area (Å²) < 4.78 is 47.0. The third kappa shape index (κ3) is 8.76. The number of pyridine rings is 1. The number of aromatic nitrogens is 3.